The van der Waals surface area contributed by atoms with E-state index >= 15 is 0 Å². The lowest BCUT2D eigenvalue weighted by atomic mass is 9.60. The number of allylic oxidation sites excluding steroid dienone is 3. The highest BCUT2D eigenvalue weighted by molar-refractivity contribution is 5.38. The molecule has 0 spiro atoms. The minimum absolute atomic E-state index is 0.185. The molecule has 3 fully saturated rings. The van der Waals surface area contributed by atoms with Crippen LogP contribution in [0.1, 0.15) is 85.5 Å². The summed E-state index contributed by atoms with van der Waals surface area (Å²) < 4.78 is 5.85. The molecule has 0 aromatic carbocycles. The molecule has 0 aromatic rings. The Hall–Kier alpha value is -1.38. The number of aliphatic hydroxyl groups is 3. The molecule has 4 nitrogen and oxygen atoms in total. The van der Waals surface area contributed by atoms with Gasteiger partial charge in [-0.3, -0.25) is 0 Å². The zero-order valence-corrected chi connectivity index (χ0v) is 21.9. The Bertz CT molecular complexity index is 855. The van der Waals surface area contributed by atoms with E-state index in [1.54, 1.807) is 7.11 Å². The molecular weight excluding hydrogens is 424 g/mol. The summed E-state index contributed by atoms with van der Waals surface area (Å²) in [4.78, 5) is 0. The quantitative estimate of drug-likeness (QED) is 0.459. The predicted molar refractivity (Wildman–Crippen MR) is 138 cm³/mol. The van der Waals surface area contributed by atoms with Crippen molar-refractivity contribution < 1.29 is 20.1 Å². The second-order valence-electron chi connectivity index (χ2n) is 11.2. The normalized spacial score (nSPS) is 36.2. The van der Waals surface area contributed by atoms with Crippen LogP contribution >= 0.6 is 0 Å². The van der Waals surface area contributed by atoms with E-state index in [2.05, 4.69) is 44.4 Å². The van der Waals surface area contributed by atoms with Gasteiger partial charge in [-0.1, -0.05) is 63.8 Å². The lowest BCUT2D eigenvalue weighted by Gasteiger charge is -2.45. The fourth-order valence-corrected chi connectivity index (χ4v) is 6.86. The Kier molecular flexibility index (Phi) is 8.90. The Morgan fingerprint density at radius 2 is 1.94 bits per heavy atom. The molecule has 0 heterocycles. The Balaban J connectivity index is 1.81. The van der Waals surface area contributed by atoms with E-state index in [0.717, 1.165) is 24.0 Å². The lowest BCUT2D eigenvalue weighted by Crippen LogP contribution is -2.39. The minimum atomic E-state index is -0.933. The van der Waals surface area contributed by atoms with Crippen LogP contribution in [0.15, 0.2) is 35.5 Å². The first-order valence-electron chi connectivity index (χ1n) is 13.3. The highest BCUT2D eigenvalue weighted by Gasteiger charge is 2.51. The summed E-state index contributed by atoms with van der Waals surface area (Å²) in [5.41, 5.74) is 2.48. The van der Waals surface area contributed by atoms with Crippen molar-refractivity contribution in [1.29, 1.82) is 0 Å². The number of rotatable bonds is 6. The standard InChI is InChI=1S/C30H46O4/c1-7-30(33,8-2)17-15-28(34-6)21(4)25-13-14-26-22(10-9-16-29(25,26)5)11-12-23-18-24(31)19-27(32)20(23)3/h11-12,21,24-28,31-33H,3,7-10,13-14,16,18-19H2,1-2,4-6H3/b22-11+,23-12-/t21-,24-,25-,26+,27+,28?,29-/m1/s1. The van der Waals surface area contributed by atoms with Crippen LogP contribution in [0.3, 0.4) is 0 Å². The van der Waals surface area contributed by atoms with Gasteiger partial charge >= 0.3 is 0 Å². The highest BCUT2D eigenvalue weighted by atomic mass is 16.5. The molecule has 190 valence electrons. The van der Waals surface area contributed by atoms with Gasteiger partial charge in [-0.25, -0.2) is 0 Å². The summed E-state index contributed by atoms with van der Waals surface area (Å²) in [6.45, 7) is 12.7. The molecule has 3 aliphatic rings. The number of hydrogen-bond acceptors (Lipinski definition) is 4. The number of fused-ring (bicyclic) bond motifs is 1. The third-order valence-electron chi connectivity index (χ3n) is 9.29. The lowest BCUT2D eigenvalue weighted by molar-refractivity contribution is 0.0224. The van der Waals surface area contributed by atoms with E-state index in [4.69, 9.17) is 4.74 Å². The van der Waals surface area contributed by atoms with Crippen LogP contribution in [0.5, 0.6) is 0 Å². The molecule has 3 aliphatic carbocycles. The highest BCUT2D eigenvalue weighted by Crippen LogP contribution is 2.59. The molecule has 3 saturated carbocycles. The predicted octanol–water partition coefficient (Wildman–Crippen LogP) is 5.33. The molecule has 0 amide bonds. The zero-order valence-electron chi connectivity index (χ0n) is 21.9. The van der Waals surface area contributed by atoms with Crippen molar-refractivity contribution in [2.45, 2.75) is 109 Å². The molecule has 3 rings (SSSR count). The van der Waals surface area contributed by atoms with E-state index in [0.29, 0.717) is 37.5 Å². The molecule has 34 heavy (non-hydrogen) atoms. The molecule has 4 heteroatoms. The topological polar surface area (TPSA) is 69.9 Å². The first kappa shape index (κ1) is 27.2. The van der Waals surface area contributed by atoms with Crippen LogP contribution in [-0.2, 0) is 4.74 Å². The Morgan fingerprint density at radius 3 is 2.59 bits per heavy atom. The summed E-state index contributed by atoms with van der Waals surface area (Å²) in [6.07, 6.45) is 11.0. The van der Waals surface area contributed by atoms with Crippen molar-refractivity contribution >= 4 is 0 Å². The van der Waals surface area contributed by atoms with Crippen molar-refractivity contribution in [2.75, 3.05) is 7.11 Å². The summed E-state index contributed by atoms with van der Waals surface area (Å²) in [5, 5.41) is 30.9. The van der Waals surface area contributed by atoms with Crippen molar-refractivity contribution in [1.82, 2.24) is 0 Å². The number of ether oxygens (including phenoxy) is 1. The van der Waals surface area contributed by atoms with Crippen LogP contribution in [0.25, 0.3) is 0 Å². The van der Waals surface area contributed by atoms with Crippen LogP contribution < -0.4 is 0 Å². The van der Waals surface area contributed by atoms with Gasteiger partial charge in [0.15, 0.2) is 0 Å². The van der Waals surface area contributed by atoms with Gasteiger partial charge in [-0.2, -0.15) is 0 Å². The van der Waals surface area contributed by atoms with E-state index in [1.165, 1.54) is 24.8 Å². The van der Waals surface area contributed by atoms with Crippen molar-refractivity contribution in [3.63, 3.8) is 0 Å². The largest absolute Gasteiger partial charge is 0.393 e. The molecule has 0 bridgehead atoms. The van der Waals surface area contributed by atoms with E-state index in [-0.39, 0.29) is 17.4 Å². The van der Waals surface area contributed by atoms with E-state index < -0.39 is 17.8 Å². The maximum Gasteiger partial charge on any atom is 0.125 e. The van der Waals surface area contributed by atoms with Gasteiger partial charge in [0.25, 0.3) is 0 Å². The van der Waals surface area contributed by atoms with Crippen molar-refractivity contribution in [3.8, 4) is 11.8 Å². The second-order valence-corrected chi connectivity index (χ2v) is 11.2. The molecule has 3 N–H and O–H groups in total. The average Bonchev–Trinajstić information content (AvgIpc) is 3.17. The van der Waals surface area contributed by atoms with Gasteiger partial charge in [0.1, 0.15) is 11.7 Å². The summed E-state index contributed by atoms with van der Waals surface area (Å²) >= 11 is 0. The Labute approximate surface area is 207 Å². The van der Waals surface area contributed by atoms with Gasteiger partial charge in [-0.05, 0) is 85.7 Å². The first-order chi connectivity index (χ1) is 16.1. The number of hydrogen-bond donors (Lipinski definition) is 3. The maximum atomic E-state index is 10.6. The third kappa shape index (κ3) is 5.54. The second kappa shape index (κ2) is 11.1. The minimum Gasteiger partial charge on any atom is -0.393 e. The van der Waals surface area contributed by atoms with Crippen molar-refractivity contribution in [3.05, 3.63) is 35.5 Å². The maximum absolute atomic E-state index is 10.6. The number of aliphatic hydroxyl groups excluding tert-OH is 2. The first-order valence-corrected chi connectivity index (χ1v) is 13.3. The monoisotopic (exact) mass is 470 g/mol. The van der Waals surface area contributed by atoms with Crippen molar-refractivity contribution in [2.24, 2.45) is 23.2 Å². The summed E-state index contributed by atoms with van der Waals surface area (Å²) in [7, 11) is 1.74. The number of methoxy groups -OCH3 is 1. The van der Waals surface area contributed by atoms with Crippen LogP contribution in [-0.4, -0.2) is 46.3 Å². The SMILES string of the molecule is C=C1/C(=C\C=C2/CCC[C@]3(C)[C@@H]([C@@H](C)C(C#CC(O)(CC)CC)OC)CC[C@@H]23)C[C@@H](O)C[C@@H]1O. The summed E-state index contributed by atoms with van der Waals surface area (Å²) in [5.74, 6) is 7.74. The molecule has 7 atom stereocenters. The van der Waals surface area contributed by atoms with E-state index in [9.17, 15) is 15.3 Å². The van der Waals surface area contributed by atoms with Crippen LogP contribution in [0.2, 0.25) is 0 Å². The molecule has 0 aromatic heterocycles. The smallest absolute Gasteiger partial charge is 0.125 e. The molecular formula is C30H46O4. The van der Waals surface area contributed by atoms with Crippen LogP contribution in [0.4, 0.5) is 0 Å². The van der Waals surface area contributed by atoms with Gasteiger partial charge < -0.3 is 20.1 Å². The molecule has 0 aliphatic heterocycles. The molecule has 0 radical (unpaired) electrons. The third-order valence-corrected chi connectivity index (χ3v) is 9.29. The van der Waals surface area contributed by atoms with E-state index in [1.807, 2.05) is 13.8 Å². The molecule has 1 unspecified atom stereocenters. The fourth-order valence-electron chi connectivity index (χ4n) is 6.86. The zero-order chi connectivity index (χ0) is 25.1. The average molecular weight is 471 g/mol. The Morgan fingerprint density at radius 1 is 1.24 bits per heavy atom. The fraction of sp³-hybridized carbons (Fsp3) is 0.733. The van der Waals surface area contributed by atoms with Crippen LogP contribution in [0, 0.1) is 35.0 Å². The molecule has 0 saturated heterocycles. The van der Waals surface area contributed by atoms with Gasteiger partial charge in [0.05, 0.1) is 12.2 Å². The van der Waals surface area contributed by atoms with Gasteiger partial charge in [0.2, 0.25) is 0 Å². The van der Waals surface area contributed by atoms with Gasteiger partial charge in [0, 0.05) is 13.5 Å². The summed E-state index contributed by atoms with van der Waals surface area (Å²) in [6, 6.07) is 0. The van der Waals surface area contributed by atoms with Gasteiger partial charge in [-0.15, -0.1) is 0 Å².